The fourth-order valence-corrected chi connectivity index (χ4v) is 2.91. The van der Waals surface area contributed by atoms with Crippen molar-refractivity contribution in [3.8, 4) is 0 Å². The Kier molecular flexibility index (Phi) is 17.6. The summed E-state index contributed by atoms with van der Waals surface area (Å²) in [5.74, 6) is -0.341. The number of hydrogen-bond acceptors (Lipinski definition) is 4. The molecule has 0 bridgehead atoms. The molecule has 1 amide bonds. The lowest BCUT2D eigenvalue weighted by Crippen LogP contribution is -2.41. The van der Waals surface area contributed by atoms with E-state index < -0.39 is 12.1 Å². The van der Waals surface area contributed by atoms with Crippen molar-refractivity contribution in [1.29, 1.82) is 0 Å². The minimum Gasteiger partial charge on any atom is -0.464 e. The van der Waals surface area contributed by atoms with E-state index in [0.29, 0.717) is 13.0 Å². The topological polar surface area (TPSA) is 64.6 Å². The predicted molar refractivity (Wildman–Crippen MR) is 106 cm³/mol. The lowest BCUT2D eigenvalue weighted by Gasteiger charge is -2.17. The van der Waals surface area contributed by atoms with Crippen molar-refractivity contribution >= 4 is 12.1 Å². The Hall–Kier alpha value is -1.26. The number of unbranched alkanes of at least 4 members (excludes halogenated alkanes) is 11. The van der Waals surface area contributed by atoms with E-state index in [-0.39, 0.29) is 5.97 Å². The number of nitrogens with one attached hydrogen (secondary N) is 1. The summed E-state index contributed by atoms with van der Waals surface area (Å²) in [6.07, 6.45) is 15.3. The monoisotopic (exact) mass is 371 g/mol. The average Bonchev–Trinajstić information content (AvgIpc) is 2.65. The van der Waals surface area contributed by atoms with Crippen LogP contribution in [0.3, 0.4) is 0 Å². The minimum absolute atomic E-state index is 0.341. The van der Waals surface area contributed by atoms with Gasteiger partial charge in [0.1, 0.15) is 6.04 Å². The van der Waals surface area contributed by atoms with E-state index in [1.165, 1.54) is 52.1 Å². The third kappa shape index (κ3) is 15.0. The molecule has 1 N–H and O–H groups in total. The van der Waals surface area contributed by atoms with Crippen LogP contribution in [-0.2, 0) is 14.3 Å². The highest BCUT2D eigenvalue weighted by molar-refractivity contribution is 5.81. The molecule has 0 aromatic carbocycles. The summed E-state index contributed by atoms with van der Waals surface area (Å²) in [6, 6.07) is -0.599. The van der Waals surface area contributed by atoms with Crippen molar-refractivity contribution in [3.63, 3.8) is 0 Å². The van der Waals surface area contributed by atoms with Crippen molar-refractivity contribution in [1.82, 2.24) is 5.32 Å². The zero-order chi connectivity index (χ0) is 19.5. The number of esters is 1. The minimum atomic E-state index is -0.599. The van der Waals surface area contributed by atoms with Gasteiger partial charge in [0.15, 0.2) is 0 Å². The number of alkyl carbamates (subject to hydrolysis) is 1. The molecule has 0 aliphatic rings. The van der Waals surface area contributed by atoms with Crippen LogP contribution in [0.5, 0.6) is 0 Å². The molecule has 0 radical (unpaired) electrons. The van der Waals surface area contributed by atoms with E-state index in [4.69, 9.17) is 4.74 Å². The van der Waals surface area contributed by atoms with Gasteiger partial charge in [-0.15, -0.1) is 0 Å². The molecule has 26 heavy (non-hydrogen) atoms. The van der Waals surface area contributed by atoms with Crippen LogP contribution in [0.4, 0.5) is 4.79 Å². The Bertz CT molecular complexity index is 347. The van der Waals surface area contributed by atoms with Crippen LogP contribution in [0.15, 0.2) is 0 Å². The molecule has 0 saturated heterocycles. The molecule has 0 heterocycles. The molecule has 0 spiro atoms. The molecule has 1 atom stereocenters. The number of methoxy groups -OCH3 is 1. The third-order valence-electron chi connectivity index (χ3n) is 4.60. The maximum Gasteiger partial charge on any atom is 0.407 e. The first-order valence-corrected chi connectivity index (χ1v) is 10.7. The molecular formula is C21H41NO4. The number of hydrogen-bond donors (Lipinski definition) is 1. The average molecular weight is 372 g/mol. The highest BCUT2D eigenvalue weighted by atomic mass is 16.5. The summed E-state index contributed by atoms with van der Waals surface area (Å²) in [6.45, 7) is 4.81. The van der Waals surface area contributed by atoms with E-state index in [1.54, 1.807) is 0 Å². The fourth-order valence-electron chi connectivity index (χ4n) is 2.91. The van der Waals surface area contributed by atoms with Crippen LogP contribution in [0.25, 0.3) is 0 Å². The largest absolute Gasteiger partial charge is 0.464 e. The normalized spacial score (nSPS) is 11.8. The summed E-state index contributed by atoms with van der Waals surface area (Å²) in [4.78, 5) is 23.6. The number of amides is 1. The first-order chi connectivity index (χ1) is 12.7. The van der Waals surface area contributed by atoms with Crippen LogP contribution in [0, 0.1) is 0 Å². The van der Waals surface area contributed by atoms with Crippen molar-refractivity contribution in [3.05, 3.63) is 0 Å². The molecule has 5 heteroatoms. The van der Waals surface area contributed by atoms with Gasteiger partial charge in [-0.05, 0) is 12.8 Å². The van der Waals surface area contributed by atoms with Gasteiger partial charge in [0.2, 0.25) is 0 Å². The van der Waals surface area contributed by atoms with Gasteiger partial charge in [-0.3, -0.25) is 0 Å². The number of carbonyl (C=O) groups is 2. The molecule has 0 saturated carbocycles. The first kappa shape index (κ1) is 24.7. The summed E-state index contributed by atoms with van der Waals surface area (Å²) >= 11 is 0. The van der Waals surface area contributed by atoms with Gasteiger partial charge in [0.05, 0.1) is 13.7 Å². The van der Waals surface area contributed by atoms with Gasteiger partial charge in [-0.2, -0.15) is 0 Å². The van der Waals surface area contributed by atoms with Crippen molar-refractivity contribution in [2.75, 3.05) is 13.7 Å². The fraction of sp³-hybridized carbons (Fsp3) is 0.905. The molecule has 5 nitrogen and oxygen atoms in total. The van der Waals surface area contributed by atoms with Gasteiger partial charge in [-0.25, -0.2) is 9.59 Å². The predicted octanol–water partition coefficient (Wildman–Crippen LogP) is 5.76. The van der Waals surface area contributed by atoms with Crippen molar-refractivity contribution < 1.29 is 19.1 Å². The maximum absolute atomic E-state index is 12.2. The lowest BCUT2D eigenvalue weighted by molar-refractivity contribution is -0.146. The van der Waals surface area contributed by atoms with Gasteiger partial charge in [0, 0.05) is 0 Å². The molecule has 0 aliphatic carbocycles. The van der Waals surface area contributed by atoms with E-state index in [2.05, 4.69) is 23.9 Å². The second-order valence-electron chi connectivity index (χ2n) is 7.03. The van der Waals surface area contributed by atoms with Crippen LogP contribution in [0.1, 0.15) is 104 Å². The molecule has 1 unspecified atom stereocenters. The highest BCUT2D eigenvalue weighted by Gasteiger charge is 2.22. The van der Waals surface area contributed by atoms with E-state index in [1.807, 2.05) is 0 Å². The Morgan fingerprint density at radius 1 is 0.769 bits per heavy atom. The van der Waals surface area contributed by atoms with Crippen molar-refractivity contribution in [2.24, 2.45) is 0 Å². The molecule has 0 fully saturated rings. The zero-order valence-corrected chi connectivity index (χ0v) is 17.3. The van der Waals surface area contributed by atoms with Gasteiger partial charge in [-0.1, -0.05) is 90.9 Å². The third-order valence-corrected chi connectivity index (χ3v) is 4.60. The second-order valence-corrected chi connectivity index (χ2v) is 7.03. The molecule has 154 valence electrons. The number of rotatable bonds is 17. The SMILES string of the molecule is CCCCCCCCCCCOC(=O)C(CCCCCC)NC(=O)OC. The summed E-state index contributed by atoms with van der Waals surface area (Å²) in [5.41, 5.74) is 0. The quantitative estimate of drug-likeness (QED) is 0.261. The Labute approximate surface area is 160 Å². The second kappa shape index (κ2) is 18.5. The number of ether oxygens (including phenoxy) is 2. The molecule has 0 aromatic heterocycles. The molecular weight excluding hydrogens is 330 g/mol. The zero-order valence-electron chi connectivity index (χ0n) is 17.3. The Balaban J connectivity index is 3.84. The van der Waals surface area contributed by atoms with Gasteiger partial charge < -0.3 is 14.8 Å². The van der Waals surface area contributed by atoms with Gasteiger partial charge >= 0.3 is 12.1 Å². The molecule has 0 aliphatic heterocycles. The van der Waals surface area contributed by atoms with Gasteiger partial charge in [0.25, 0.3) is 0 Å². The van der Waals surface area contributed by atoms with Crippen LogP contribution in [0.2, 0.25) is 0 Å². The summed E-state index contributed by atoms with van der Waals surface area (Å²) in [5, 5.41) is 2.59. The molecule has 0 rings (SSSR count). The maximum atomic E-state index is 12.2. The van der Waals surface area contributed by atoms with Crippen molar-refractivity contribution in [2.45, 2.75) is 110 Å². The van der Waals surface area contributed by atoms with Crippen LogP contribution in [-0.4, -0.2) is 31.8 Å². The smallest absolute Gasteiger partial charge is 0.407 e. The first-order valence-electron chi connectivity index (χ1n) is 10.7. The van der Waals surface area contributed by atoms with E-state index in [9.17, 15) is 9.59 Å². The van der Waals surface area contributed by atoms with E-state index >= 15 is 0 Å². The Morgan fingerprint density at radius 2 is 1.27 bits per heavy atom. The standard InChI is InChI=1S/C21H41NO4/c1-4-6-8-10-11-12-13-14-16-18-26-20(23)19(22-21(24)25-3)17-15-9-7-5-2/h19H,4-18H2,1-3H3,(H,22,24). The summed E-state index contributed by atoms with van der Waals surface area (Å²) in [7, 11) is 1.30. The lowest BCUT2D eigenvalue weighted by atomic mass is 10.1. The highest BCUT2D eigenvalue weighted by Crippen LogP contribution is 2.11. The Morgan fingerprint density at radius 3 is 1.81 bits per heavy atom. The van der Waals surface area contributed by atoms with E-state index in [0.717, 1.165) is 38.5 Å². The number of carbonyl (C=O) groups excluding carboxylic acids is 2. The summed E-state index contributed by atoms with van der Waals surface area (Å²) < 4.78 is 9.96. The van der Waals surface area contributed by atoms with Crippen LogP contribution >= 0.6 is 0 Å². The molecule has 0 aromatic rings. The van der Waals surface area contributed by atoms with Crippen LogP contribution < -0.4 is 5.32 Å².